The van der Waals surface area contributed by atoms with E-state index in [1.165, 1.54) is 0 Å². The number of nitrogens with one attached hydrogen (secondary N) is 1. The molecule has 138 valence electrons. The Balaban J connectivity index is 1.73. The lowest BCUT2D eigenvalue weighted by molar-refractivity contribution is -0.152. The van der Waals surface area contributed by atoms with Crippen molar-refractivity contribution in [2.45, 2.75) is 45.2 Å². The zero-order valence-corrected chi connectivity index (χ0v) is 14.9. The smallest absolute Gasteiger partial charge is 0.329 e. The number of hydrogen-bond acceptors (Lipinski definition) is 5. The summed E-state index contributed by atoms with van der Waals surface area (Å²) in [6, 6.07) is 5.60. The van der Waals surface area contributed by atoms with Gasteiger partial charge in [-0.15, -0.1) is 0 Å². The molecule has 1 heterocycles. The van der Waals surface area contributed by atoms with E-state index in [9.17, 15) is 19.2 Å². The molecule has 0 aromatic heterocycles. The highest BCUT2D eigenvalue weighted by molar-refractivity contribution is 6.22. The first-order chi connectivity index (χ1) is 12.4. The second-order valence-electron chi connectivity index (χ2n) is 7.12. The van der Waals surface area contributed by atoms with Crippen molar-refractivity contribution in [1.29, 1.82) is 0 Å². The first-order valence-electron chi connectivity index (χ1n) is 8.81. The molecule has 0 radical (unpaired) electrons. The van der Waals surface area contributed by atoms with Gasteiger partial charge in [-0.25, -0.2) is 4.79 Å². The average Bonchev–Trinajstić information content (AvgIpc) is 3.38. The van der Waals surface area contributed by atoms with Crippen molar-refractivity contribution in [2.75, 3.05) is 6.61 Å². The van der Waals surface area contributed by atoms with Crippen LogP contribution in [0.3, 0.4) is 0 Å². The third kappa shape index (κ3) is 3.76. The van der Waals surface area contributed by atoms with Gasteiger partial charge < -0.3 is 10.1 Å². The number of rotatable bonds is 7. The highest BCUT2D eigenvalue weighted by Gasteiger charge is 2.43. The first kappa shape index (κ1) is 18.1. The van der Waals surface area contributed by atoms with Crippen molar-refractivity contribution in [1.82, 2.24) is 10.2 Å². The van der Waals surface area contributed by atoms with E-state index in [0.29, 0.717) is 0 Å². The van der Waals surface area contributed by atoms with E-state index in [0.717, 1.165) is 17.7 Å². The highest BCUT2D eigenvalue weighted by Crippen LogP contribution is 2.27. The number of imide groups is 1. The van der Waals surface area contributed by atoms with E-state index in [-0.39, 0.29) is 35.4 Å². The van der Waals surface area contributed by atoms with Crippen LogP contribution in [-0.2, 0) is 14.3 Å². The van der Waals surface area contributed by atoms with Crippen molar-refractivity contribution in [3.63, 3.8) is 0 Å². The minimum absolute atomic E-state index is 0.0529. The van der Waals surface area contributed by atoms with Gasteiger partial charge in [-0.05, 0) is 37.3 Å². The van der Waals surface area contributed by atoms with Crippen molar-refractivity contribution < 1.29 is 23.9 Å². The van der Waals surface area contributed by atoms with Crippen LogP contribution in [0.2, 0.25) is 0 Å². The molecule has 1 aliphatic heterocycles. The Bertz CT molecular complexity index is 719. The Morgan fingerprint density at radius 2 is 1.73 bits per heavy atom. The van der Waals surface area contributed by atoms with Crippen LogP contribution in [0.25, 0.3) is 0 Å². The molecule has 3 rings (SSSR count). The van der Waals surface area contributed by atoms with Crippen LogP contribution in [0.15, 0.2) is 24.3 Å². The van der Waals surface area contributed by atoms with Gasteiger partial charge in [0.05, 0.1) is 11.1 Å². The topological polar surface area (TPSA) is 92.8 Å². The van der Waals surface area contributed by atoms with Gasteiger partial charge in [0.25, 0.3) is 17.7 Å². The highest BCUT2D eigenvalue weighted by atomic mass is 16.5. The van der Waals surface area contributed by atoms with Crippen molar-refractivity contribution in [3.8, 4) is 0 Å². The minimum atomic E-state index is -1.05. The van der Waals surface area contributed by atoms with Crippen LogP contribution in [-0.4, -0.2) is 47.3 Å². The lowest BCUT2D eigenvalue weighted by Crippen LogP contribution is -2.47. The monoisotopic (exact) mass is 358 g/mol. The molecule has 0 spiro atoms. The fraction of sp³-hybridized carbons (Fsp3) is 0.474. The summed E-state index contributed by atoms with van der Waals surface area (Å²) >= 11 is 0. The first-order valence-corrected chi connectivity index (χ1v) is 8.81. The normalized spacial score (nSPS) is 17.3. The fourth-order valence-electron chi connectivity index (χ4n) is 2.97. The van der Waals surface area contributed by atoms with Gasteiger partial charge in [0.1, 0.15) is 6.04 Å². The molecule has 1 aromatic rings. The van der Waals surface area contributed by atoms with Crippen molar-refractivity contribution in [3.05, 3.63) is 35.4 Å². The SMILES string of the molecule is CC(C)C[C@@H](C(=O)OCC(=O)NC1CC1)N1C(=O)c2ccccc2C1=O. The molecule has 26 heavy (non-hydrogen) atoms. The molecule has 1 N–H and O–H groups in total. The molecule has 1 atom stereocenters. The van der Waals surface area contributed by atoms with E-state index in [2.05, 4.69) is 5.32 Å². The average molecular weight is 358 g/mol. The quantitative estimate of drug-likeness (QED) is 0.589. The molecule has 1 aromatic carbocycles. The maximum absolute atomic E-state index is 12.6. The molecule has 2 aliphatic rings. The van der Waals surface area contributed by atoms with Gasteiger partial charge in [0.15, 0.2) is 6.61 Å². The second kappa shape index (κ2) is 7.27. The van der Waals surface area contributed by atoms with Crippen molar-refractivity contribution in [2.24, 2.45) is 5.92 Å². The summed E-state index contributed by atoms with van der Waals surface area (Å²) in [7, 11) is 0. The third-order valence-electron chi connectivity index (χ3n) is 4.39. The number of ether oxygens (including phenoxy) is 1. The lowest BCUT2D eigenvalue weighted by Gasteiger charge is -2.25. The fourth-order valence-corrected chi connectivity index (χ4v) is 2.97. The van der Waals surface area contributed by atoms with Gasteiger partial charge in [0.2, 0.25) is 0 Å². The Hall–Kier alpha value is -2.70. The summed E-state index contributed by atoms with van der Waals surface area (Å²) in [5, 5.41) is 2.73. The molecular formula is C19H22N2O5. The summed E-state index contributed by atoms with van der Waals surface area (Å²) in [6.45, 7) is 3.36. The lowest BCUT2D eigenvalue weighted by atomic mass is 10.0. The van der Waals surface area contributed by atoms with Gasteiger partial charge in [0, 0.05) is 6.04 Å². The van der Waals surface area contributed by atoms with Gasteiger partial charge in [-0.2, -0.15) is 0 Å². The number of hydrogen-bond donors (Lipinski definition) is 1. The van der Waals surface area contributed by atoms with E-state index in [1.54, 1.807) is 24.3 Å². The Morgan fingerprint density at radius 3 is 2.23 bits per heavy atom. The zero-order valence-electron chi connectivity index (χ0n) is 14.9. The molecule has 0 saturated heterocycles. The molecule has 0 unspecified atom stereocenters. The van der Waals surface area contributed by atoms with Gasteiger partial charge in [-0.1, -0.05) is 26.0 Å². The maximum Gasteiger partial charge on any atom is 0.329 e. The minimum Gasteiger partial charge on any atom is -0.454 e. The van der Waals surface area contributed by atoms with E-state index >= 15 is 0 Å². The Kier molecular flexibility index (Phi) is 5.06. The molecule has 7 nitrogen and oxygen atoms in total. The number of carbonyl (C=O) groups is 4. The van der Waals surface area contributed by atoms with E-state index in [4.69, 9.17) is 4.74 Å². The van der Waals surface area contributed by atoms with E-state index in [1.807, 2.05) is 13.8 Å². The maximum atomic E-state index is 12.6. The number of carbonyl (C=O) groups excluding carboxylic acids is 4. The number of amides is 3. The molecule has 1 aliphatic carbocycles. The Morgan fingerprint density at radius 1 is 1.15 bits per heavy atom. The number of fused-ring (bicyclic) bond motifs is 1. The standard InChI is InChI=1S/C19H22N2O5/c1-11(2)9-15(19(25)26-10-16(22)20-12-7-8-12)21-17(23)13-5-3-4-6-14(13)18(21)24/h3-6,11-12,15H,7-10H2,1-2H3,(H,20,22)/t15-/m0/s1. The number of nitrogens with zero attached hydrogens (tertiary/aromatic N) is 1. The van der Waals surface area contributed by atoms with Crippen LogP contribution in [0.1, 0.15) is 53.8 Å². The van der Waals surface area contributed by atoms with Crippen LogP contribution >= 0.6 is 0 Å². The van der Waals surface area contributed by atoms with Crippen molar-refractivity contribution >= 4 is 23.7 Å². The molecule has 1 fully saturated rings. The summed E-state index contributed by atoms with van der Waals surface area (Å²) in [5.74, 6) is -2.06. The molecular weight excluding hydrogens is 336 g/mol. The van der Waals surface area contributed by atoms with Crippen LogP contribution in [0, 0.1) is 5.92 Å². The number of esters is 1. The summed E-state index contributed by atoms with van der Waals surface area (Å²) < 4.78 is 5.11. The van der Waals surface area contributed by atoms with Gasteiger partial charge in [-0.3, -0.25) is 19.3 Å². The second-order valence-corrected chi connectivity index (χ2v) is 7.12. The summed E-state index contributed by atoms with van der Waals surface area (Å²) in [4.78, 5) is 50.6. The third-order valence-corrected chi connectivity index (χ3v) is 4.39. The van der Waals surface area contributed by atoms with Crippen LogP contribution in [0.5, 0.6) is 0 Å². The Labute approximate surface area is 151 Å². The number of benzene rings is 1. The van der Waals surface area contributed by atoms with Crippen LogP contribution in [0.4, 0.5) is 0 Å². The summed E-state index contributed by atoms with van der Waals surface area (Å²) in [6.07, 6.45) is 2.14. The predicted molar refractivity (Wildman–Crippen MR) is 92.3 cm³/mol. The molecule has 1 saturated carbocycles. The zero-order chi connectivity index (χ0) is 18.8. The molecule has 0 bridgehead atoms. The molecule has 3 amide bonds. The van der Waals surface area contributed by atoms with E-state index < -0.39 is 30.4 Å². The molecule has 7 heteroatoms. The van der Waals surface area contributed by atoms with Crippen LogP contribution < -0.4 is 5.32 Å². The largest absolute Gasteiger partial charge is 0.454 e. The predicted octanol–water partition coefficient (Wildman–Crippen LogP) is 1.52. The summed E-state index contributed by atoms with van der Waals surface area (Å²) in [5.41, 5.74) is 0.566. The van der Waals surface area contributed by atoms with Gasteiger partial charge >= 0.3 is 5.97 Å².